The van der Waals surface area contributed by atoms with Gasteiger partial charge in [-0.15, -0.1) is 0 Å². The molecule has 0 N–H and O–H groups in total. The highest BCUT2D eigenvalue weighted by Crippen LogP contribution is 2.50. The highest BCUT2D eigenvalue weighted by atomic mass is 15.2. The molecule has 0 radical (unpaired) electrons. The lowest BCUT2D eigenvalue weighted by atomic mass is 9.98. The summed E-state index contributed by atoms with van der Waals surface area (Å²) in [6.07, 6.45) is 0.883. The summed E-state index contributed by atoms with van der Waals surface area (Å²) in [5.74, 6) is 1.09. The molecule has 0 aliphatic carbocycles. The SMILES string of the molecule is CCc1nc2ccc(-c3ccccc3)c3c2n1-c1ccccc1N3c1ccccc1. The van der Waals surface area contributed by atoms with E-state index in [9.17, 15) is 0 Å². The number of aromatic nitrogens is 2. The van der Waals surface area contributed by atoms with Crippen LogP contribution in [0.25, 0.3) is 27.8 Å². The summed E-state index contributed by atoms with van der Waals surface area (Å²) in [4.78, 5) is 7.39. The van der Waals surface area contributed by atoms with Gasteiger partial charge in [-0.3, -0.25) is 4.57 Å². The highest BCUT2D eigenvalue weighted by Gasteiger charge is 2.30. The van der Waals surface area contributed by atoms with Crippen LogP contribution in [0.4, 0.5) is 17.1 Å². The lowest BCUT2D eigenvalue weighted by molar-refractivity contribution is 0.900. The molecule has 0 saturated carbocycles. The van der Waals surface area contributed by atoms with E-state index in [1.807, 2.05) is 0 Å². The summed E-state index contributed by atoms with van der Waals surface area (Å²) in [6.45, 7) is 2.18. The fourth-order valence-corrected chi connectivity index (χ4v) is 4.58. The molecule has 0 saturated heterocycles. The molecule has 3 heteroatoms. The number of anilines is 3. The van der Waals surface area contributed by atoms with E-state index in [-0.39, 0.29) is 0 Å². The molecule has 1 aromatic heterocycles. The van der Waals surface area contributed by atoms with Crippen molar-refractivity contribution in [2.75, 3.05) is 4.90 Å². The van der Waals surface area contributed by atoms with Crippen molar-refractivity contribution in [1.29, 1.82) is 0 Å². The Kier molecular flexibility index (Phi) is 3.75. The monoisotopic (exact) mass is 387 g/mol. The first-order valence-electron chi connectivity index (χ1n) is 10.4. The predicted octanol–water partition coefficient (Wildman–Crippen LogP) is 7.04. The standard InChI is InChI=1S/C27H21N3/c1-2-25-28-22-18-17-21(19-11-5-3-6-12-19)26-27(22)30(25)24-16-10-9-15-23(24)29(26)20-13-7-4-8-14-20/h3-18H,2H2,1H3. The molecule has 6 rings (SSSR count). The maximum absolute atomic E-state index is 5.00. The van der Waals surface area contributed by atoms with Crippen LogP contribution in [0.5, 0.6) is 0 Å². The Hall–Kier alpha value is -3.85. The zero-order valence-electron chi connectivity index (χ0n) is 16.8. The summed E-state index contributed by atoms with van der Waals surface area (Å²) >= 11 is 0. The number of rotatable bonds is 3. The third-order valence-corrected chi connectivity index (χ3v) is 5.86. The Bertz CT molecular complexity index is 1370. The maximum Gasteiger partial charge on any atom is 0.114 e. The topological polar surface area (TPSA) is 21.1 Å². The van der Waals surface area contributed by atoms with E-state index in [2.05, 4.69) is 113 Å². The van der Waals surface area contributed by atoms with Gasteiger partial charge in [-0.2, -0.15) is 0 Å². The molecule has 0 unspecified atom stereocenters. The molecular weight excluding hydrogens is 366 g/mol. The molecule has 5 aromatic rings. The van der Waals surface area contributed by atoms with Crippen LogP contribution in [0.2, 0.25) is 0 Å². The van der Waals surface area contributed by atoms with Crippen molar-refractivity contribution in [3.63, 3.8) is 0 Å². The van der Waals surface area contributed by atoms with Crippen molar-refractivity contribution in [1.82, 2.24) is 9.55 Å². The Morgan fingerprint density at radius 1 is 0.700 bits per heavy atom. The van der Waals surface area contributed by atoms with Gasteiger partial charge in [0.15, 0.2) is 0 Å². The van der Waals surface area contributed by atoms with E-state index in [1.165, 1.54) is 33.7 Å². The van der Waals surface area contributed by atoms with Gasteiger partial charge >= 0.3 is 0 Å². The average molecular weight is 387 g/mol. The van der Waals surface area contributed by atoms with E-state index < -0.39 is 0 Å². The van der Waals surface area contributed by atoms with Crippen molar-refractivity contribution >= 4 is 28.1 Å². The van der Waals surface area contributed by atoms with Crippen LogP contribution in [0.1, 0.15) is 12.7 Å². The molecule has 0 amide bonds. The number of hydrogen-bond acceptors (Lipinski definition) is 2. The van der Waals surface area contributed by atoms with E-state index in [4.69, 9.17) is 4.98 Å². The van der Waals surface area contributed by atoms with E-state index >= 15 is 0 Å². The summed E-state index contributed by atoms with van der Waals surface area (Å²) in [7, 11) is 0. The molecule has 1 aliphatic rings. The number of benzene rings is 4. The van der Waals surface area contributed by atoms with Crippen LogP contribution in [-0.2, 0) is 6.42 Å². The van der Waals surface area contributed by atoms with Crippen molar-refractivity contribution in [2.24, 2.45) is 0 Å². The van der Waals surface area contributed by atoms with E-state index in [1.54, 1.807) is 0 Å². The van der Waals surface area contributed by atoms with Gasteiger partial charge in [-0.05, 0) is 42.0 Å². The van der Waals surface area contributed by atoms with Crippen molar-refractivity contribution in [3.8, 4) is 16.8 Å². The predicted molar refractivity (Wildman–Crippen MR) is 124 cm³/mol. The minimum Gasteiger partial charge on any atom is -0.306 e. The minimum absolute atomic E-state index is 0.883. The van der Waals surface area contributed by atoms with Gasteiger partial charge in [-0.1, -0.05) is 67.6 Å². The largest absolute Gasteiger partial charge is 0.306 e. The Balaban J connectivity index is 1.80. The molecule has 0 spiro atoms. The zero-order valence-corrected chi connectivity index (χ0v) is 16.8. The van der Waals surface area contributed by atoms with Gasteiger partial charge in [0.05, 0.1) is 28.1 Å². The van der Waals surface area contributed by atoms with Crippen LogP contribution < -0.4 is 4.90 Å². The molecule has 0 bridgehead atoms. The number of imidazole rings is 1. The Labute approximate surface area is 175 Å². The van der Waals surface area contributed by atoms with Crippen LogP contribution in [0, 0.1) is 0 Å². The van der Waals surface area contributed by atoms with Crippen LogP contribution in [0.3, 0.4) is 0 Å². The lowest BCUT2D eigenvalue weighted by Gasteiger charge is -2.34. The van der Waals surface area contributed by atoms with Gasteiger partial charge in [0, 0.05) is 17.7 Å². The third kappa shape index (κ3) is 2.35. The first-order valence-corrected chi connectivity index (χ1v) is 10.4. The summed E-state index contributed by atoms with van der Waals surface area (Å²) in [5, 5.41) is 0. The zero-order chi connectivity index (χ0) is 20.1. The summed E-state index contributed by atoms with van der Waals surface area (Å²) in [6, 6.07) is 34.3. The third-order valence-electron chi connectivity index (χ3n) is 5.86. The average Bonchev–Trinajstić information content (AvgIpc) is 3.20. The van der Waals surface area contributed by atoms with Crippen molar-refractivity contribution in [3.05, 3.63) is 103 Å². The van der Waals surface area contributed by atoms with Crippen LogP contribution in [-0.4, -0.2) is 9.55 Å². The van der Waals surface area contributed by atoms with Gasteiger partial charge in [0.2, 0.25) is 0 Å². The van der Waals surface area contributed by atoms with Gasteiger partial charge in [0.25, 0.3) is 0 Å². The van der Waals surface area contributed by atoms with Crippen LogP contribution in [0.15, 0.2) is 97.1 Å². The normalized spacial score (nSPS) is 12.2. The molecule has 0 fully saturated rings. The van der Waals surface area contributed by atoms with Gasteiger partial charge in [0.1, 0.15) is 5.82 Å². The molecule has 0 atom stereocenters. The number of para-hydroxylation sites is 3. The van der Waals surface area contributed by atoms with E-state index in [0.29, 0.717) is 0 Å². The first-order chi connectivity index (χ1) is 14.9. The van der Waals surface area contributed by atoms with E-state index in [0.717, 1.165) is 23.4 Å². The second kappa shape index (κ2) is 6.60. The lowest BCUT2D eigenvalue weighted by Crippen LogP contribution is -2.19. The summed E-state index contributed by atoms with van der Waals surface area (Å²) < 4.78 is 2.35. The fourth-order valence-electron chi connectivity index (χ4n) is 4.58. The smallest absolute Gasteiger partial charge is 0.114 e. The first kappa shape index (κ1) is 17.0. The van der Waals surface area contributed by atoms with Crippen LogP contribution >= 0.6 is 0 Å². The Morgan fingerprint density at radius 2 is 1.37 bits per heavy atom. The fraction of sp³-hybridized carbons (Fsp3) is 0.0741. The molecule has 3 nitrogen and oxygen atoms in total. The molecule has 30 heavy (non-hydrogen) atoms. The number of nitrogens with zero attached hydrogens (tertiary/aromatic N) is 3. The van der Waals surface area contributed by atoms with Crippen molar-refractivity contribution in [2.45, 2.75) is 13.3 Å². The quantitative estimate of drug-likeness (QED) is 0.325. The highest BCUT2D eigenvalue weighted by molar-refractivity contribution is 6.07. The Morgan fingerprint density at radius 3 is 2.10 bits per heavy atom. The molecule has 1 aliphatic heterocycles. The second-order valence-electron chi connectivity index (χ2n) is 7.57. The number of fused-ring (bicyclic) bond motifs is 2. The molecule has 2 heterocycles. The van der Waals surface area contributed by atoms with Gasteiger partial charge in [-0.25, -0.2) is 4.98 Å². The minimum atomic E-state index is 0.883. The summed E-state index contributed by atoms with van der Waals surface area (Å²) in [5.41, 5.74) is 9.33. The molecule has 144 valence electrons. The maximum atomic E-state index is 5.00. The molecular formula is C27H21N3. The second-order valence-corrected chi connectivity index (χ2v) is 7.57. The van der Waals surface area contributed by atoms with Crippen molar-refractivity contribution < 1.29 is 0 Å². The van der Waals surface area contributed by atoms with Gasteiger partial charge < -0.3 is 4.90 Å². The number of aryl methyl sites for hydroxylation is 1. The molecule has 4 aromatic carbocycles. The number of hydrogen-bond donors (Lipinski definition) is 0.